The SMILES string of the molecule is CCC(C)(C)NC(=O)N(C/C=C/c1ccccc1)CCCO. The lowest BCUT2D eigenvalue weighted by Gasteiger charge is -2.29. The van der Waals surface area contributed by atoms with E-state index in [2.05, 4.69) is 5.32 Å². The molecule has 0 spiro atoms. The van der Waals surface area contributed by atoms with Crippen LogP contribution in [0.2, 0.25) is 0 Å². The number of benzene rings is 1. The van der Waals surface area contributed by atoms with E-state index in [1.165, 1.54) is 0 Å². The zero-order valence-electron chi connectivity index (χ0n) is 13.9. The number of aliphatic hydroxyl groups excluding tert-OH is 1. The first kappa shape index (κ1) is 18.2. The Balaban J connectivity index is 2.63. The van der Waals surface area contributed by atoms with Crippen LogP contribution in [-0.2, 0) is 0 Å². The number of urea groups is 1. The molecule has 122 valence electrons. The van der Waals surface area contributed by atoms with Gasteiger partial charge >= 0.3 is 6.03 Å². The van der Waals surface area contributed by atoms with Gasteiger partial charge in [0.1, 0.15) is 0 Å². The van der Waals surface area contributed by atoms with E-state index in [0.717, 1.165) is 12.0 Å². The molecule has 1 aromatic rings. The number of nitrogens with zero attached hydrogens (tertiary/aromatic N) is 1. The van der Waals surface area contributed by atoms with Crippen molar-refractivity contribution in [2.75, 3.05) is 19.7 Å². The molecule has 0 unspecified atom stereocenters. The molecule has 0 saturated carbocycles. The molecule has 1 aromatic carbocycles. The number of carbonyl (C=O) groups is 1. The van der Waals surface area contributed by atoms with Crippen molar-refractivity contribution in [1.82, 2.24) is 10.2 Å². The molecule has 1 rings (SSSR count). The number of amides is 2. The predicted octanol–water partition coefficient (Wildman–Crippen LogP) is 3.28. The van der Waals surface area contributed by atoms with Gasteiger partial charge < -0.3 is 15.3 Å². The predicted molar refractivity (Wildman–Crippen MR) is 91.7 cm³/mol. The van der Waals surface area contributed by atoms with Gasteiger partial charge in [-0.15, -0.1) is 0 Å². The largest absolute Gasteiger partial charge is 0.396 e. The lowest BCUT2D eigenvalue weighted by molar-refractivity contribution is 0.184. The fourth-order valence-electron chi connectivity index (χ4n) is 1.87. The van der Waals surface area contributed by atoms with Crippen LogP contribution in [0.1, 0.15) is 39.2 Å². The first-order valence-corrected chi connectivity index (χ1v) is 7.88. The first-order chi connectivity index (χ1) is 10.5. The second-order valence-electron chi connectivity index (χ2n) is 6.00. The first-order valence-electron chi connectivity index (χ1n) is 7.88. The van der Waals surface area contributed by atoms with E-state index in [1.807, 2.05) is 63.3 Å². The van der Waals surface area contributed by atoms with Crippen LogP contribution in [0, 0.1) is 0 Å². The molecule has 0 aliphatic carbocycles. The Morgan fingerprint density at radius 1 is 1.32 bits per heavy atom. The molecule has 22 heavy (non-hydrogen) atoms. The average Bonchev–Trinajstić information content (AvgIpc) is 2.51. The van der Waals surface area contributed by atoms with Gasteiger partial charge in [0.15, 0.2) is 0 Å². The summed E-state index contributed by atoms with van der Waals surface area (Å²) in [5.41, 5.74) is 0.886. The highest BCUT2D eigenvalue weighted by Gasteiger charge is 2.21. The zero-order chi connectivity index (χ0) is 16.4. The molecule has 4 heteroatoms. The third-order valence-electron chi connectivity index (χ3n) is 3.64. The second kappa shape index (κ2) is 9.26. The summed E-state index contributed by atoms with van der Waals surface area (Å²) in [6.07, 6.45) is 5.43. The summed E-state index contributed by atoms with van der Waals surface area (Å²) in [7, 11) is 0. The Kier molecular flexibility index (Phi) is 7.67. The molecule has 0 aromatic heterocycles. The van der Waals surface area contributed by atoms with Gasteiger partial charge in [0.25, 0.3) is 0 Å². The van der Waals surface area contributed by atoms with Gasteiger partial charge in [-0.25, -0.2) is 4.79 Å². The maximum atomic E-state index is 12.4. The highest BCUT2D eigenvalue weighted by molar-refractivity contribution is 5.75. The lowest BCUT2D eigenvalue weighted by Crippen LogP contribution is -2.50. The summed E-state index contributed by atoms with van der Waals surface area (Å²) in [4.78, 5) is 14.1. The van der Waals surface area contributed by atoms with Crippen molar-refractivity contribution < 1.29 is 9.90 Å². The van der Waals surface area contributed by atoms with E-state index in [-0.39, 0.29) is 18.2 Å². The molecule has 0 aliphatic heterocycles. The van der Waals surface area contributed by atoms with Gasteiger partial charge in [-0.05, 0) is 32.3 Å². The van der Waals surface area contributed by atoms with E-state index < -0.39 is 0 Å². The van der Waals surface area contributed by atoms with Crippen molar-refractivity contribution in [1.29, 1.82) is 0 Å². The maximum Gasteiger partial charge on any atom is 0.318 e. The Morgan fingerprint density at radius 3 is 2.59 bits per heavy atom. The summed E-state index contributed by atoms with van der Waals surface area (Å²) >= 11 is 0. The summed E-state index contributed by atoms with van der Waals surface area (Å²) in [5.74, 6) is 0. The normalized spacial score (nSPS) is 11.6. The van der Waals surface area contributed by atoms with Crippen LogP contribution >= 0.6 is 0 Å². The van der Waals surface area contributed by atoms with Crippen LogP contribution in [0.4, 0.5) is 4.79 Å². The van der Waals surface area contributed by atoms with Crippen molar-refractivity contribution >= 4 is 12.1 Å². The fraction of sp³-hybridized carbons (Fsp3) is 0.500. The van der Waals surface area contributed by atoms with Crippen LogP contribution in [0.25, 0.3) is 6.08 Å². The Labute approximate surface area is 133 Å². The van der Waals surface area contributed by atoms with Gasteiger partial charge in [0.05, 0.1) is 0 Å². The van der Waals surface area contributed by atoms with Crippen LogP contribution in [0.15, 0.2) is 36.4 Å². The van der Waals surface area contributed by atoms with E-state index in [9.17, 15) is 4.79 Å². The quantitative estimate of drug-likeness (QED) is 0.774. The van der Waals surface area contributed by atoms with E-state index in [0.29, 0.717) is 19.5 Å². The zero-order valence-corrected chi connectivity index (χ0v) is 13.9. The molecule has 0 saturated heterocycles. The van der Waals surface area contributed by atoms with E-state index in [1.54, 1.807) is 4.90 Å². The second-order valence-corrected chi connectivity index (χ2v) is 6.00. The molecule has 0 fully saturated rings. The molecule has 0 radical (unpaired) electrons. The van der Waals surface area contributed by atoms with Gasteiger partial charge in [0, 0.05) is 25.2 Å². The maximum absolute atomic E-state index is 12.4. The minimum atomic E-state index is -0.225. The number of hydrogen-bond donors (Lipinski definition) is 2. The molecular weight excluding hydrogens is 276 g/mol. The topological polar surface area (TPSA) is 52.6 Å². The standard InChI is InChI=1S/C18H28N2O2/c1-4-18(2,3)19-17(22)20(14-9-15-21)13-8-12-16-10-6-5-7-11-16/h5-8,10-12,21H,4,9,13-15H2,1-3H3,(H,19,22)/b12-8+. The summed E-state index contributed by atoms with van der Waals surface area (Å²) in [5, 5.41) is 12.0. The number of aliphatic hydroxyl groups is 1. The molecule has 2 N–H and O–H groups in total. The minimum Gasteiger partial charge on any atom is -0.396 e. The van der Waals surface area contributed by atoms with Crippen LogP contribution < -0.4 is 5.32 Å². The molecule has 0 atom stereocenters. The Bertz CT molecular complexity index is 469. The van der Waals surface area contributed by atoms with E-state index in [4.69, 9.17) is 5.11 Å². The summed E-state index contributed by atoms with van der Waals surface area (Å²) in [6.45, 7) is 7.22. The van der Waals surface area contributed by atoms with Gasteiger partial charge in [0.2, 0.25) is 0 Å². The summed E-state index contributed by atoms with van der Waals surface area (Å²) < 4.78 is 0. The van der Waals surface area contributed by atoms with Crippen molar-refractivity contribution in [2.45, 2.75) is 39.2 Å². The van der Waals surface area contributed by atoms with E-state index >= 15 is 0 Å². The minimum absolute atomic E-state index is 0.0852. The fourth-order valence-corrected chi connectivity index (χ4v) is 1.87. The summed E-state index contributed by atoms with van der Waals surface area (Å²) in [6, 6.07) is 9.91. The Morgan fingerprint density at radius 2 is 2.00 bits per heavy atom. The van der Waals surface area contributed by atoms with Crippen LogP contribution in [-0.4, -0.2) is 41.3 Å². The van der Waals surface area contributed by atoms with Crippen molar-refractivity contribution in [3.8, 4) is 0 Å². The van der Waals surface area contributed by atoms with Crippen molar-refractivity contribution in [2.24, 2.45) is 0 Å². The van der Waals surface area contributed by atoms with Crippen LogP contribution in [0.5, 0.6) is 0 Å². The lowest BCUT2D eigenvalue weighted by atomic mass is 10.0. The number of hydrogen-bond acceptors (Lipinski definition) is 2. The highest BCUT2D eigenvalue weighted by Crippen LogP contribution is 2.08. The monoisotopic (exact) mass is 304 g/mol. The van der Waals surface area contributed by atoms with Crippen molar-refractivity contribution in [3.63, 3.8) is 0 Å². The number of carbonyl (C=O) groups excluding carboxylic acids is 1. The molecular formula is C18H28N2O2. The Hall–Kier alpha value is -1.81. The van der Waals surface area contributed by atoms with Gasteiger partial charge in [-0.1, -0.05) is 49.4 Å². The van der Waals surface area contributed by atoms with Gasteiger partial charge in [-0.2, -0.15) is 0 Å². The molecule has 4 nitrogen and oxygen atoms in total. The molecule has 2 amide bonds. The van der Waals surface area contributed by atoms with Crippen molar-refractivity contribution in [3.05, 3.63) is 42.0 Å². The van der Waals surface area contributed by atoms with Crippen LogP contribution in [0.3, 0.4) is 0 Å². The molecule has 0 heterocycles. The molecule has 0 aliphatic rings. The average molecular weight is 304 g/mol. The number of nitrogens with one attached hydrogen (secondary N) is 1. The molecule has 0 bridgehead atoms. The third-order valence-corrected chi connectivity index (χ3v) is 3.64. The van der Waals surface area contributed by atoms with Gasteiger partial charge in [-0.3, -0.25) is 0 Å². The smallest absolute Gasteiger partial charge is 0.318 e. The number of rotatable bonds is 8. The third kappa shape index (κ3) is 6.76. The highest BCUT2D eigenvalue weighted by atomic mass is 16.3.